The van der Waals surface area contributed by atoms with Crippen molar-refractivity contribution in [1.29, 1.82) is 0 Å². The van der Waals surface area contributed by atoms with Crippen molar-refractivity contribution in [3.8, 4) is 0 Å². The number of hydroxylamine groups is 2. The largest absolute Gasteiger partial charge is 0.416 e. The van der Waals surface area contributed by atoms with Crippen LogP contribution < -0.4 is 11.0 Å². The van der Waals surface area contributed by atoms with Crippen molar-refractivity contribution in [2.75, 3.05) is 0 Å². The minimum Gasteiger partial charge on any atom is -0.267 e. The van der Waals surface area contributed by atoms with Gasteiger partial charge in [-0.25, -0.2) is 11.0 Å². The van der Waals surface area contributed by atoms with Crippen LogP contribution in [0.15, 0.2) is 36.0 Å². The summed E-state index contributed by atoms with van der Waals surface area (Å²) in [5.41, 5.74) is 4.42. The van der Waals surface area contributed by atoms with E-state index in [2.05, 4.69) is 5.48 Å². The summed E-state index contributed by atoms with van der Waals surface area (Å²) >= 11 is 0. The summed E-state index contributed by atoms with van der Waals surface area (Å²) in [7, 11) is 0. The monoisotopic (exact) mass is 286 g/mol. The molecule has 7 heteroatoms. The molecule has 1 aromatic carbocycles. The molecule has 0 saturated carbocycles. The number of hydrogen-bond donors (Lipinski definition) is 2. The summed E-state index contributed by atoms with van der Waals surface area (Å²) < 4.78 is 37.5. The Kier molecular flexibility index (Phi) is 4.29. The molecule has 0 radical (unpaired) electrons. The number of nitrogens with one attached hydrogen (secondary N) is 2. The zero-order valence-electron chi connectivity index (χ0n) is 10.5. The van der Waals surface area contributed by atoms with E-state index in [1.807, 2.05) is 11.6 Å². The fraction of sp³-hybridized carbons (Fsp3) is 0.308. The molecule has 1 amide bonds. The first-order valence-electron chi connectivity index (χ1n) is 6.05. The highest BCUT2D eigenvalue weighted by atomic mass is 19.4. The lowest BCUT2D eigenvalue weighted by Gasteiger charge is -2.10. The highest BCUT2D eigenvalue weighted by Crippen LogP contribution is 2.29. The minimum atomic E-state index is -4.48. The average molecular weight is 286 g/mol. The molecular formula is C13H13F3N2O2. The van der Waals surface area contributed by atoms with E-state index in [-0.39, 0.29) is 5.56 Å². The molecule has 108 valence electrons. The molecule has 1 aliphatic rings. The van der Waals surface area contributed by atoms with Gasteiger partial charge in [-0.15, -0.1) is 0 Å². The lowest BCUT2D eigenvalue weighted by molar-refractivity contribution is -0.137. The predicted molar refractivity (Wildman–Crippen MR) is 65.1 cm³/mol. The van der Waals surface area contributed by atoms with E-state index in [0.717, 1.165) is 37.1 Å². The molecule has 1 aliphatic carbocycles. The van der Waals surface area contributed by atoms with Gasteiger partial charge in [0.15, 0.2) is 0 Å². The maximum Gasteiger partial charge on any atom is 0.416 e. The van der Waals surface area contributed by atoms with E-state index in [1.54, 1.807) is 0 Å². The highest BCUT2D eigenvalue weighted by molar-refractivity contribution is 5.93. The topological polar surface area (TPSA) is 50.4 Å². The fourth-order valence-electron chi connectivity index (χ4n) is 1.80. The summed E-state index contributed by atoms with van der Waals surface area (Å²) in [6.45, 7) is 0. The Morgan fingerprint density at radius 1 is 1.30 bits per heavy atom. The SMILES string of the molecule is O=C(NONC1=CCCC1)c1cccc(C(F)(F)F)c1. The van der Waals surface area contributed by atoms with Crippen LogP contribution in [0.2, 0.25) is 0 Å². The molecule has 0 fully saturated rings. The smallest absolute Gasteiger partial charge is 0.267 e. The van der Waals surface area contributed by atoms with E-state index in [9.17, 15) is 18.0 Å². The van der Waals surface area contributed by atoms with Crippen LogP contribution in [-0.2, 0) is 11.1 Å². The van der Waals surface area contributed by atoms with Gasteiger partial charge in [-0.2, -0.15) is 18.1 Å². The molecule has 0 aliphatic heterocycles. The quantitative estimate of drug-likeness (QED) is 0.837. The van der Waals surface area contributed by atoms with Crippen LogP contribution in [0.1, 0.15) is 35.2 Å². The summed E-state index contributed by atoms with van der Waals surface area (Å²) in [6.07, 6.45) is 0.209. The Hall–Kier alpha value is -2.02. The van der Waals surface area contributed by atoms with Crippen molar-refractivity contribution in [3.63, 3.8) is 0 Å². The van der Waals surface area contributed by atoms with E-state index in [0.29, 0.717) is 0 Å². The second-order valence-corrected chi connectivity index (χ2v) is 4.34. The van der Waals surface area contributed by atoms with E-state index in [1.165, 1.54) is 12.1 Å². The molecule has 2 N–H and O–H groups in total. The van der Waals surface area contributed by atoms with E-state index in [4.69, 9.17) is 4.94 Å². The van der Waals surface area contributed by atoms with Crippen molar-refractivity contribution in [1.82, 2.24) is 11.0 Å². The summed E-state index contributed by atoms with van der Waals surface area (Å²) in [4.78, 5) is 16.4. The summed E-state index contributed by atoms with van der Waals surface area (Å²) in [5.74, 6) is -0.748. The third-order valence-electron chi connectivity index (χ3n) is 2.82. The van der Waals surface area contributed by atoms with Crippen molar-refractivity contribution < 1.29 is 22.9 Å². The van der Waals surface area contributed by atoms with Crippen LogP contribution in [0.3, 0.4) is 0 Å². The first kappa shape index (κ1) is 14.4. The fourth-order valence-corrected chi connectivity index (χ4v) is 1.80. The third-order valence-corrected chi connectivity index (χ3v) is 2.82. The molecular weight excluding hydrogens is 273 g/mol. The Morgan fingerprint density at radius 2 is 2.10 bits per heavy atom. The number of hydrogen-bond acceptors (Lipinski definition) is 3. The lowest BCUT2D eigenvalue weighted by Crippen LogP contribution is -2.30. The molecule has 4 nitrogen and oxygen atoms in total. The number of halogens is 3. The van der Waals surface area contributed by atoms with Crippen LogP contribution in [0.5, 0.6) is 0 Å². The highest BCUT2D eigenvalue weighted by Gasteiger charge is 2.30. The van der Waals surface area contributed by atoms with E-state index < -0.39 is 17.6 Å². The van der Waals surface area contributed by atoms with Crippen molar-refractivity contribution in [2.24, 2.45) is 0 Å². The Bertz CT molecular complexity index is 527. The summed E-state index contributed by atoms with van der Waals surface area (Å²) in [6, 6.07) is 4.13. The Balaban J connectivity index is 1.92. The average Bonchev–Trinajstić information content (AvgIpc) is 2.91. The van der Waals surface area contributed by atoms with Crippen LogP contribution in [0.4, 0.5) is 13.2 Å². The number of allylic oxidation sites excluding steroid dienone is 2. The molecule has 2 rings (SSSR count). The first-order valence-corrected chi connectivity index (χ1v) is 6.05. The number of benzene rings is 1. The second-order valence-electron chi connectivity index (χ2n) is 4.34. The van der Waals surface area contributed by atoms with Gasteiger partial charge < -0.3 is 0 Å². The van der Waals surface area contributed by atoms with Gasteiger partial charge in [-0.1, -0.05) is 12.1 Å². The number of alkyl halides is 3. The van der Waals surface area contributed by atoms with Gasteiger partial charge in [0.2, 0.25) is 0 Å². The standard InChI is InChI=1S/C13H13F3N2O2/c14-13(15,16)10-5-3-4-9(8-10)12(19)18-20-17-11-6-1-2-7-11/h3-6,8,17H,1-2,7H2,(H,18,19). The number of carbonyl (C=O) groups is 1. The molecule has 0 spiro atoms. The zero-order chi connectivity index (χ0) is 14.6. The number of amides is 1. The van der Waals surface area contributed by atoms with Gasteiger partial charge in [-0.05, 0) is 37.5 Å². The first-order chi connectivity index (χ1) is 9.47. The minimum absolute atomic E-state index is 0.123. The van der Waals surface area contributed by atoms with Gasteiger partial charge in [-0.3, -0.25) is 4.79 Å². The van der Waals surface area contributed by atoms with Gasteiger partial charge in [0, 0.05) is 11.3 Å². The van der Waals surface area contributed by atoms with Gasteiger partial charge in [0.05, 0.1) is 5.56 Å². The van der Waals surface area contributed by atoms with Crippen LogP contribution >= 0.6 is 0 Å². The molecule has 0 atom stereocenters. The van der Waals surface area contributed by atoms with Gasteiger partial charge >= 0.3 is 6.18 Å². The van der Waals surface area contributed by atoms with Crippen LogP contribution in [0, 0.1) is 0 Å². The van der Waals surface area contributed by atoms with Crippen molar-refractivity contribution in [2.45, 2.75) is 25.4 Å². The number of rotatable bonds is 4. The lowest BCUT2D eigenvalue weighted by atomic mass is 10.1. The molecule has 1 aromatic rings. The van der Waals surface area contributed by atoms with Gasteiger partial charge in [0.1, 0.15) is 0 Å². The molecule has 0 aromatic heterocycles. The number of carbonyl (C=O) groups excluding carboxylic acids is 1. The second kappa shape index (κ2) is 5.96. The third kappa shape index (κ3) is 3.74. The predicted octanol–water partition coefficient (Wildman–Crippen LogP) is 2.94. The van der Waals surface area contributed by atoms with Crippen molar-refractivity contribution in [3.05, 3.63) is 47.2 Å². The zero-order valence-corrected chi connectivity index (χ0v) is 10.5. The normalized spacial score (nSPS) is 14.8. The molecule has 0 heterocycles. The van der Waals surface area contributed by atoms with Crippen LogP contribution in [0.25, 0.3) is 0 Å². The van der Waals surface area contributed by atoms with Gasteiger partial charge in [0.25, 0.3) is 5.91 Å². The van der Waals surface area contributed by atoms with E-state index >= 15 is 0 Å². The van der Waals surface area contributed by atoms with Crippen molar-refractivity contribution >= 4 is 5.91 Å². The molecule has 20 heavy (non-hydrogen) atoms. The molecule has 0 bridgehead atoms. The maximum atomic E-state index is 12.5. The Morgan fingerprint density at radius 3 is 2.75 bits per heavy atom. The molecule has 0 unspecified atom stereocenters. The summed E-state index contributed by atoms with van der Waals surface area (Å²) in [5, 5.41) is 0. The maximum absolute atomic E-state index is 12.5. The van der Waals surface area contributed by atoms with Crippen LogP contribution in [-0.4, -0.2) is 5.91 Å². The molecule has 0 saturated heterocycles. The Labute approximate surface area is 113 Å².